The summed E-state index contributed by atoms with van der Waals surface area (Å²) in [6.45, 7) is 0. The van der Waals surface area contributed by atoms with Crippen LogP contribution in [-0.2, 0) is 14.8 Å². The average Bonchev–Trinajstić information content (AvgIpc) is 2.48. The molecule has 116 valence electrons. The van der Waals surface area contributed by atoms with Gasteiger partial charge in [0.05, 0.1) is 22.7 Å². The maximum Gasteiger partial charge on any atom is 0.337 e. The van der Waals surface area contributed by atoms with E-state index in [0.717, 1.165) is 0 Å². The first-order valence-electron chi connectivity index (χ1n) is 6.00. The van der Waals surface area contributed by atoms with Gasteiger partial charge < -0.3 is 4.74 Å². The van der Waals surface area contributed by atoms with E-state index in [0.29, 0.717) is 0 Å². The van der Waals surface area contributed by atoms with Crippen molar-refractivity contribution < 1.29 is 17.9 Å². The number of methoxy groups -OCH3 is 1. The van der Waals surface area contributed by atoms with Gasteiger partial charge in [0.1, 0.15) is 4.90 Å². The third kappa shape index (κ3) is 3.52. The highest BCUT2D eigenvalue weighted by Gasteiger charge is 2.20. The summed E-state index contributed by atoms with van der Waals surface area (Å²) in [6.07, 6.45) is 0. The summed E-state index contributed by atoms with van der Waals surface area (Å²) in [7, 11) is -2.69. The molecule has 8 heteroatoms. The van der Waals surface area contributed by atoms with E-state index in [1.54, 1.807) is 0 Å². The molecule has 22 heavy (non-hydrogen) atoms. The number of sulfonamides is 1. The van der Waals surface area contributed by atoms with Gasteiger partial charge in [0.15, 0.2) is 0 Å². The number of rotatable bonds is 4. The number of nitrogens with one attached hydrogen (secondary N) is 1. The fraction of sp³-hybridized carbons (Fsp3) is 0.0714. The minimum atomic E-state index is -3.93. The van der Waals surface area contributed by atoms with Crippen LogP contribution >= 0.6 is 23.2 Å². The van der Waals surface area contributed by atoms with Crippen molar-refractivity contribution >= 4 is 44.9 Å². The monoisotopic (exact) mass is 359 g/mol. The number of hydrogen-bond donors (Lipinski definition) is 1. The predicted molar refractivity (Wildman–Crippen MR) is 85.1 cm³/mol. The van der Waals surface area contributed by atoms with Crippen LogP contribution in [0, 0.1) is 0 Å². The molecule has 0 fully saturated rings. The first-order chi connectivity index (χ1) is 10.3. The first-order valence-corrected chi connectivity index (χ1v) is 8.24. The second kappa shape index (κ2) is 6.56. The summed E-state index contributed by atoms with van der Waals surface area (Å²) in [5.74, 6) is -0.568. The van der Waals surface area contributed by atoms with Crippen LogP contribution in [0.15, 0.2) is 47.4 Å². The van der Waals surface area contributed by atoms with Gasteiger partial charge in [-0.1, -0.05) is 35.3 Å². The SMILES string of the molecule is COC(=O)c1cccc(NS(=O)(=O)c2cccc(Cl)c2Cl)c1. The van der Waals surface area contributed by atoms with Gasteiger partial charge in [0.2, 0.25) is 0 Å². The van der Waals surface area contributed by atoms with Gasteiger partial charge in [-0.05, 0) is 30.3 Å². The Morgan fingerprint density at radius 3 is 2.50 bits per heavy atom. The average molecular weight is 360 g/mol. The molecule has 5 nitrogen and oxygen atoms in total. The van der Waals surface area contributed by atoms with Crippen LogP contribution < -0.4 is 4.72 Å². The summed E-state index contributed by atoms with van der Waals surface area (Å²) in [5.41, 5.74) is 0.429. The quantitative estimate of drug-likeness (QED) is 0.846. The Hall–Kier alpha value is -1.76. The molecule has 0 radical (unpaired) electrons. The van der Waals surface area contributed by atoms with Crippen molar-refractivity contribution in [3.05, 3.63) is 58.1 Å². The zero-order chi connectivity index (χ0) is 16.3. The Morgan fingerprint density at radius 1 is 1.14 bits per heavy atom. The lowest BCUT2D eigenvalue weighted by Crippen LogP contribution is -2.14. The summed E-state index contributed by atoms with van der Waals surface area (Å²) >= 11 is 11.7. The van der Waals surface area contributed by atoms with Crippen LogP contribution in [0.3, 0.4) is 0 Å². The highest BCUT2D eigenvalue weighted by atomic mass is 35.5. The molecule has 0 saturated carbocycles. The molecule has 0 atom stereocenters. The maximum atomic E-state index is 12.4. The lowest BCUT2D eigenvalue weighted by Gasteiger charge is -2.11. The Labute approximate surface area is 137 Å². The van der Waals surface area contributed by atoms with Gasteiger partial charge in [-0.15, -0.1) is 0 Å². The summed E-state index contributed by atoms with van der Waals surface area (Å²) in [5, 5.41) is 0.0636. The summed E-state index contributed by atoms with van der Waals surface area (Å²) in [6, 6.07) is 10.2. The molecule has 0 unspecified atom stereocenters. The van der Waals surface area contributed by atoms with E-state index >= 15 is 0 Å². The first kappa shape index (κ1) is 16.6. The van der Waals surface area contributed by atoms with E-state index in [-0.39, 0.29) is 26.2 Å². The number of carbonyl (C=O) groups excluding carboxylic acids is 1. The van der Waals surface area contributed by atoms with E-state index < -0.39 is 16.0 Å². The Bertz CT molecular complexity index is 821. The molecule has 0 saturated heterocycles. The molecule has 2 rings (SSSR count). The van der Waals surface area contributed by atoms with Crippen LogP contribution in [0.4, 0.5) is 5.69 Å². The molecule has 1 N–H and O–H groups in total. The smallest absolute Gasteiger partial charge is 0.337 e. The van der Waals surface area contributed by atoms with E-state index in [2.05, 4.69) is 9.46 Å². The Kier molecular flexibility index (Phi) is 4.95. The Balaban J connectivity index is 2.37. The highest BCUT2D eigenvalue weighted by molar-refractivity contribution is 7.92. The van der Waals surface area contributed by atoms with E-state index in [9.17, 15) is 13.2 Å². The van der Waals surface area contributed by atoms with Crippen LogP contribution in [0.1, 0.15) is 10.4 Å². The molecular weight excluding hydrogens is 349 g/mol. The molecular formula is C14H11Cl2NO4S. The lowest BCUT2D eigenvalue weighted by molar-refractivity contribution is 0.0601. The zero-order valence-corrected chi connectivity index (χ0v) is 13.7. The van der Waals surface area contributed by atoms with Crippen molar-refractivity contribution in [3.8, 4) is 0 Å². The van der Waals surface area contributed by atoms with Gasteiger partial charge in [-0.3, -0.25) is 4.72 Å². The number of ether oxygens (including phenoxy) is 1. The van der Waals surface area contributed by atoms with Crippen LogP contribution in [0.2, 0.25) is 10.0 Å². The summed E-state index contributed by atoms with van der Waals surface area (Å²) in [4.78, 5) is 11.3. The van der Waals surface area contributed by atoms with E-state index in [1.807, 2.05) is 0 Å². The zero-order valence-electron chi connectivity index (χ0n) is 11.3. The van der Waals surface area contributed by atoms with Gasteiger partial charge >= 0.3 is 5.97 Å². The van der Waals surface area contributed by atoms with Crippen LogP contribution in [-0.4, -0.2) is 21.5 Å². The predicted octanol–water partition coefficient (Wildman–Crippen LogP) is 3.58. The fourth-order valence-corrected chi connectivity index (χ4v) is 3.54. The number of benzene rings is 2. The molecule has 0 aliphatic carbocycles. The molecule has 2 aromatic rings. The lowest BCUT2D eigenvalue weighted by atomic mass is 10.2. The number of hydrogen-bond acceptors (Lipinski definition) is 4. The minimum absolute atomic E-state index is 0.0687. The fourth-order valence-electron chi connectivity index (χ4n) is 1.73. The third-order valence-electron chi connectivity index (χ3n) is 2.74. The topological polar surface area (TPSA) is 72.5 Å². The van der Waals surface area contributed by atoms with Crippen molar-refractivity contribution in [2.24, 2.45) is 0 Å². The molecule has 0 aliphatic rings. The van der Waals surface area contributed by atoms with Gasteiger partial charge in [-0.2, -0.15) is 0 Å². The largest absolute Gasteiger partial charge is 0.465 e. The molecule has 0 amide bonds. The minimum Gasteiger partial charge on any atom is -0.465 e. The normalized spacial score (nSPS) is 11.0. The molecule has 0 aromatic heterocycles. The van der Waals surface area contributed by atoms with E-state index in [1.165, 1.54) is 49.6 Å². The van der Waals surface area contributed by atoms with Crippen molar-refractivity contribution in [1.82, 2.24) is 0 Å². The van der Waals surface area contributed by atoms with Gasteiger partial charge in [0.25, 0.3) is 10.0 Å². The Morgan fingerprint density at radius 2 is 1.82 bits per heavy atom. The number of anilines is 1. The second-order valence-electron chi connectivity index (χ2n) is 4.23. The van der Waals surface area contributed by atoms with Crippen molar-refractivity contribution in [2.45, 2.75) is 4.90 Å². The third-order valence-corrected chi connectivity index (χ3v) is 5.10. The molecule has 0 bridgehead atoms. The van der Waals surface area contributed by atoms with Crippen molar-refractivity contribution in [3.63, 3.8) is 0 Å². The van der Waals surface area contributed by atoms with Crippen LogP contribution in [0.25, 0.3) is 0 Å². The summed E-state index contributed by atoms with van der Waals surface area (Å²) < 4.78 is 31.6. The number of carbonyl (C=O) groups is 1. The molecule has 0 heterocycles. The number of esters is 1. The van der Waals surface area contributed by atoms with Crippen molar-refractivity contribution in [2.75, 3.05) is 11.8 Å². The van der Waals surface area contributed by atoms with Crippen LogP contribution in [0.5, 0.6) is 0 Å². The van der Waals surface area contributed by atoms with Crippen molar-refractivity contribution in [1.29, 1.82) is 0 Å². The van der Waals surface area contributed by atoms with Gasteiger partial charge in [-0.25, -0.2) is 13.2 Å². The van der Waals surface area contributed by atoms with Gasteiger partial charge in [0, 0.05) is 5.69 Å². The maximum absolute atomic E-state index is 12.4. The second-order valence-corrected chi connectivity index (χ2v) is 6.67. The van der Waals surface area contributed by atoms with E-state index in [4.69, 9.17) is 23.2 Å². The highest BCUT2D eigenvalue weighted by Crippen LogP contribution is 2.30. The molecule has 0 spiro atoms. The standard InChI is InChI=1S/C14H11Cl2NO4S/c1-21-14(18)9-4-2-5-10(8-9)17-22(19,20)12-7-3-6-11(15)13(12)16/h2-8,17H,1H3. The number of halogens is 2. The molecule has 2 aromatic carbocycles. The molecule has 0 aliphatic heterocycles.